The molecule has 0 saturated carbocycles. The van der Waals surface area contributed by atoms with Gasteiger partial charge in [-0.3, -0.25) is 14.6 Å². The Morgan fingerprint density at radius 3 is 2.08 bits per heavy atom. The second kappa shape index (κ2) is 10.2. The average Bonchev–Trinajstić information content (AvgIpc) is 2.86. The molecule has 0 spiro atoms. The lowest BCUT2D eigenvalue weighted by Gasteiger charge is -2.14. The highest BCUT2D eigenvalue weighted by Gasteiger charge is 2.16. The monoisotopic (exact) mass is 477 g/mol. The fraction of sp³-hybridized carbons (Fsp3) is 0.194. The molecule has 0 saturated heterocycles. The van der Waals surface area contributed by atoms with Gasteiger partial charge in [-0.1, -0.05) is 54.6 Å². The maximum absolute atomic E-state index is 12.0. The molecule has 0 N–H and O–H groups in total. The zero-order valence-electron chi connectivity index (χ0n) is 20.4. The third-order valence-electron chi connectivity index (χ3n) is 6.44. The second-order valence-electron chi connectivity index (χ2n) is 9.08. The van der Waals surface area contributed by atoms with Crippen LogP contribution in [0.2, 0.25) is 0 Å². The summed E-state index contributed by atoms with van der Waals surface area (Å²) in [6, 6.07) is 19.1. The Balaban J connectivity index is 1.59. The summed E-state index contributed by atoms with van der Waals surface area (Å²) in [4.78, 5) is 27.9. The molecule has 8 rings (SSSR count). The summed E-state index contributed by atoms with van der Waals surface area (Å²) in [6.45, 7) is 2.73. The Morgan fingerprint density at radius 2 is 1.36 bits per heavy atom. The lowest BCUT2D eigenvalue weighted by Crippen LogP contribution is -2.06. The Hall–Kier alpha value is -4.25. The summed E-state index contributed by atoms with van der Waals surface area (Å²) in [6.07, 6.45) is 11.0. The van der Waals surface area contributed by atoms with E-state index in [4.69, 9.17) is 9.47 Å². The minimum absolute atomic E-state index is 0.393. The van der Waals surface area contributed by atoms with E-state index in [-0.39, 0.29) is 0 Å². The van der Waals surface area contributed by atoms with Crippen LogP contribution in [0, 0.1) is 0 Å². The number of benzene rings is 3. The molecule has 4 aliphatic rings. The van der Waals surface area contributed by atoms with E-state index in [1.807, 2.05) is 6.08 Å². The van der Waals surface area contributed by atoms with E-state index in [9.17, 15) is 9.59 Å². The Bertz CT molecular complexity index is 1480. The molecule has 0 amide bonds. The number of pyridine rings is 1. The van der Waals surface area contributed by atoms with E-state index in [1.165, 1.54) is 36.1 Å². The van der Waals surface area contributed by atoms with Gasteiger partial charge in [0, 0.05) is 42.6 Å². The van der Waals surface area contributed by atoms with Crippen molar-refractivity contribution >= 4 is 34.9 Å². The first-order valence-electron chi connectivity index (χ1n) is 12.1. The highest BCUT2D eigenvalue weighted by molar-refractivity contribution is 5.99. The quantitative estimate of drug-likeness (QED) is 0.201. The highest BCUT2D eigenvalue weighted by atomic mass is 16.5. The lowest BCUT2D eigenvalue weighted by atomic mass is 9.93. The number of aromatic nitrogens is 1. The van der Waals surface area contributed by atoms with Crippen molar-refractivity contribution in [2.24, 2.45) is 0 Å². The van der Waals surface area contributed by atoms with Gasteiger partial charge in [0.25, 0.3) is 0 Å². The molecule has 0 unspecified atom stereocenters. The Kier molecular flexibility index (Phi) is 6.63. The number of carbonyl (C=O) groups is 2. The number of hydrogen-bond donors (Lipinski definition) is 0. The SMILES string of the molecule is CC(=O)Oc1cc(/C=C/c2cc3ccc2CCc2ccc(cc2)CC3)c(OC(C)=O)c2cnccc12. The van der Waals surface area contributed by atoms with Gasteiger partial charge in [0.2, 0.25) is 0 Å². The zero-order valence-corrected chi connectivity index (χ0v) is 20.4. The van der Waals surface area contributed by atoms with Crippen LogP contribution in [0.15, 0.2) is 67.0 Å². The summed E-state index contributed by atoms with van der Waals surface area (Å²) in [7, 11) is 0. The van der Waals surface area contributed by atoms with E-state index >= 15 is 0 Å². The van der Waals surface area contributed by atoms with Crippen molar-refractivity contribution in [3.63, 3.8) is 0 Å². The van der Waals surface area contributed by atoms with Gasteiger partial charge in [0.15, 0.2) is 0 Å². The van der Waals surface area contributed by atoms with Gasteiger partial charge in [0.1, 0.15) is 11.5 Å². The summed E-state index contributed by atoms with van der Waals surface area (Å²) < 4.78 is 11.1. The van der Waals surface area contributed by atoms with Crippen LogP contribution in [0.3, 0.4) is 0 Å². The molecular formula is C31H27NO4. The van der Waals surface area contributed by atoms with E-state index in [0.717, 1.165) is 31.2 Å². The number of carbonyl (C=O) groups excluding carboxylic acids is 2. The van der Waals surface area contributed by atoms with Crippen LogP contribution in [-0.2, 0) is 35.3 Å². The van der Waals surface area contributed by atoms with Gasteiger partial charge in [-0.2, -0.15) is 0 Å². The third-order valence-corrected chi connectivity index (χ3v) is 6.44. The molecule has 0 radical (unpaired) electrons. The van der Waals surface area contributed by atoms with Crippen molar-refractivity contribution in [3.05, 3.63) is 100 Å². The van der Waals surface area contributed by atoms with E-state index < -0.39 is 11.9 Å². The van der Waals surface area contributed by atoms with E-state index in [1.54, 1.807) is 24.5 Å². The number of ether oxygens (including phenoxy) is 2. The van der Waals surface area contributed by atoms with Gasteiger partial charge < -0.3 is 9.47 Å². The van der Waals surface area contributed by atoms with E-state index in [2.05, 4.69) is 53.5 Å². The number of nitrogens with zero attached hydrogens (tertiary/aromatic N) is 1. The minimum atomic E-state index is -0.433. The standard InChI is InChI=1S/C31H27NO4/c1-20(33)35-30-18-27(31(36-21(2)34)29-19-32-16-15-28(29)30)14-13-26-17-24-8-7-22-3-5-23(6-4-22)9-11-25(26)12-10-24/h3-6,10,12-19H,7-9,11H2,1-2H3/b14-13+. The van der Waals surface area contributed by atoms with Crippen LogP contribution in [0.4, 0.5) is 0 Å². The molecule has 180 valence electrons. The van der Waals surface area contributed by atoms with Gasteiger partial charge in [-0.15, -0.1) is 0 Å². The molecule has 4 aromatic rings. The smallest absolute Gasteiger partial charge is 0.308 e. The van der Waals surface area contributed by atoms with Crippen LogP contribution in [0.25, 0.3) is 22.9 Å². The molecule has 5 heteroatoms. The largest absolute Gasteiger partial charge is 0.426 e. The van der Waals surface area contributed by atoms with Crippen molar-refractivity contribution in [2.75, 3.05) is 0 Å². The van der Waals surface area contributed by atoms with Gasteiger partial charge in [-0.25, -0.2) is 0 Å². The van der Waals surface area contributed by atoms with Crippen molar-refractivity contribution in [3.8, 4) is 11.5 Å². The fourth-order valence-electron chi connectivity index (χ4n) is 4.65. The maximum Gasteiger partial charge on any atom is 0.308 e. The molecule has 0 atom stereocenters. The van der Waals surface area contributed by atoms with Crippen LogP contribution in [0.1, 0.15) is 47.2 Å². The number of rotatable bonds is 4. The highest BCUT2D eigenvalue weighted by Crippen LogP contribution is 2.38. The molecule has 4 aliphatic carbocycles. The fourth-order valence-corrected chi connectivity index (χ4v) is 4.65. The summed E-state index contributed by atoms with van der Waals surface area (Å²) >= 11 is 0. The molecule has 5 nitrogen and oxygen atoms in total. The van der Waals surface area contributed by atoms with Crippen LogP contribution in [0.5, 0.6) is 11.5 Å². The number of fused-ring (bicyclic) bond motifs is 1. The van der Waals surface area contributed by atoms with Gasteiger partial charge in [0.05, 0.1) is 0 Å². The summed E-state index contributed by atoms with van der Waals surface area (Å²) in [5.41, 5.74) is 6.94. The van der Waals surface area contributed by atoms with Crippen molar-refractivity contribution in [2.45, 2.75) is 39.5 Å². The molecule has 0 aliphatic heterocycles. The summed E-state index contributed by atoms with van der Waals surface area (Å²) in [5.74, 6) is -0.0654. The Morgan fingerprint density at radius 1 is 0.722 bits per heavy atom. The topological polar surface area (TPSA) is 65.5 Å². The molecule has 3 aromatic carbocycles. The van der Waals surface area contributed by atoms with E-state index in [0.29, 0.717) is 27.8 Å². The minimum Gasteiger partial charge on any atom is -0.426 e. The number of aryl methyl sites for hydroxylation is 4. The molecule has 0 fully saturated rings. The zero-order chi connectivity index (χ0) is 25.1. The molecule has 1 aromatic heterocycles. The van der Waals surface area contributed by atoms with Gasteiger partial charge >= 0.3 is 11.9 Å². The molecule has 1 heterocycles. The van der Waals surface area contributed by atoms with Crippen LogP contribution in [-0.4, -0.2) is 16.9 Å². The summed E-state index contributed by atoms with van der Waals surface area (Å²) in [5, 5.41) is 1.25. The second-order valence-corrected chi connectivity index (χ2v) is 9.08. The normalized spacial score (nSPS) is 12.9. The Labute approximate surface area is 210 Å². The third kappa shape index (κ3) is 5.20. The molecular weight excluding hydrogens is 450 g/mol. The number of esters is 2. The first-order chi connectivity index (χ1) is 17.5. The van der Waals surface area contributed by atoms with Gasteiger partial charge in [-0.05, 0) is 65.6 Å². The molecule has 4 bridgehead atoms. The predicted molar refractivity (Wildman–Crippen MR) is 141 cm³/mol. The first kappa shape index (κ1) is 23.5. The molecule has 36 heavy (non-hydrogen) atoms. The lowest BCUT2D eigenvalue weighted by molar-refractivity contribution is -0.132. The van der Waals surface area contributed by atoms with Crippen molar-refractivity contribution in [1.29, 1.82) is 0 Å². The predicted octanol–water partition coefficient (Wildman–Crippen LogP) is 6.14. The van der Waals surface area contributed by atoms with Crippen LogP contribution < -0.4 is 9.47 Å². The average molecular weight is 478 g/mol. The maximum atomic E-state index is 12.0. The van der Waals surface area contributed by atoms with Crippen molar-refractivity contribution in [1.82, 2.24) is 4.98 Å². The first-order valence-corrected chi connectivity index (χ1v) is 12.1. The van der Waals surface area contributed by atoms with Crippen LogP contribution >= 0.6 is 0 Å². The van der Waals surface area contributed by atoms with Crippen molar-refractivity contribution < 1.29 is 19.1 Å². The number of hydrogen-bond acceptors (Lipinski definition) is 5.